The topological polar surface area (TPSA) is 40.7 Å². The molecule has 0 bridgehead atoms. The van der Waals surface area contributed by atoms with E-state index in [0.29, 0.717) is 6.04 Å². The number of nitrogens with zero attached hydrogens (tertiary/aromatic N) is 1. The molecule has 1 saturated carbocycles. The number of H-pyrrole nitrogens is 1. The summed E-state index contributed by atoms with van der Waals surface area (Å²) in [6.07, 6.45) is 10.5. The highest BCUT2D eigenvalue weighted by Crippen LogP contribution is 2.34. The van der Waals surface area contributed by atoms with Gasteiger partial charge in [-0.3, -0.25) is 0 Å². The molecular formula is C17H23N3. The van der Waals surface area contributed by atoms with E-state index in [0.717, 1.165) is 18.2 Å². The van der Waals surface area contributed by atoms with Crippen molar-refractivity contribution in [3.63, 3.8) is 0 Å². The van der Waals surface area contributed by atoms with Gasteiger partial charge in [-0.2, -0.15) is 0 Å². The zero-order valence-corrected chi connectivity index (χ0v) is 11.9. The third kappa shape index (κ3) is 3.28. The van der Waals surface area contributed by atoms with Gasteiger partial charge in [0.15, 0.2) is 0 Å². The van der Waals surface area contributed by atoms with Crippen LogP contribution in [0.25, 0.3) is 0 Å². The third-order valence-corrected chi connectivity index (χ3v) is 4.35. The van der Waals surface area contributed by atoms with Gasteiger partial charge in [0.2, 0.25) is 0 Å². The van der Waals surface area contributed by atoms with Gasteiger partial charge in [-0.05, 0) is 24.3 Å². The van der Waals surface area contributed by atoms with E-state index in [1.54, 1.807) is 6.33 Å². The van der Waals surface area contributed by atoms with Crippen molar-refractivity contribution in [1.82, 2.24) is 15.3 Å². The van der Waals surface area contributed by atoms with Crippen LogP contribution in [0.5, 0.6) is 0 Å². The average molecular weight is 269 g/mol. The fourth-order valence-electron chi connectivity index (χ4n) is 3.29. The largest absolute Gasteiger partial charge is 0.347 e. The van der Waals surface area contributed by atoms with Crippen molar-refractivity contribution in [3.05, 3.63) is 54.1 Å². The van der Waals surface area contributed by atoms with Crippen LogP contribution in [-0.2, 0) is 6.54 Å². The molecule has 1 atom stereocenters. The molecule has 0 aliphatic heterocycles. The molecule has 1 fully saturated rings. The lowest BCUT2D eigenvalue weighted by Crippen LogP contribution is -2.29. The standard InChI is InChI=1S/C17H23N3/c1-3-7-14(8-4-1)17(15-9-5-2-6-10-15)19-12-16-11-18-13-20-16/h1,3-4,7-8,11,13,15,17,19H,2,5-6,9-10,12H2,(H,18,20). The number of benzene rings is 1. The second-order valence-electron chi connectivity index (χ2n) is 5.74. The van der Waals surface area contributed by atoms with Crippen molar-refractivity contribution >= 4 is 0 Å². The predicted molar refractivity (Wildman–Crippen MR) is 81.2 cm³/mol. The normalized spacial score (nSPS) is 18.0. The minimum absolute atomic E-state index is 0.458. The van der Waals surface area contributed by atoms with Crippen LogP contribution in [-0.4, -0.2) is 9.97 Å². The highest BCUT2D eigenvalue weighted by molar-refractivity contribution is 5.20. The molecule has 1 unspecified atom stereocenters. The number of aromatic nitrogens is 2. The highest BCUT2D eigenvalue weighted by atomic mass is 15.0. The summed E-state index contributed by atoms with van der Waals surface area (Å²) in [7, 11) is 0. The Labute approximate surface area is 120 Å². The smallest absolute Gasteiger partial charge is 0.0922 e. The Bertz CT molecular complexity index is 486. The minimum atomic E-state index is 0.458. The molecule has 2 aromatic rings. The van der Waals surface area contributed by atoms with Gasteiger partial charge in [0, 0.05) is 24.5 Å². The quantitative estimate of drug-likeness (QED) is 0.866. The molecule has 1 aromatic heterocycles. The van der Waals surface area contributed by atoms with Crippen molar-refractivity contribution in [2.75, 3.05) is 0 Å². The van der Waals surface area contributed by atoms with Gasteiger partial charge in [0.1, 0.15) is 0 Å². The van der Waals surface area contributed by atoms with Gasteiger partial charge in [0.25, 0.3) is 0 Å². The van der Waals surface area contributed by atoms with Crippen LogP contribution in [0.1, 0.15) is 49.4 Å². The molecule has 2 N–H and O–H groups in total. The Morgan fingerprint density at radius 1 is 1.15 bits per heavy atom. The molecule has 1 aromatic carbocycles. The fraction of sp³-hybridized carbons (Fsp3) is 0.471. The molecule has 0 spiro atoms. The van der Waals surface area contributed by atoms with Crippen LogP contribution in [0.4, 0.5) is 0 Å². The van der Waals surface area contributed by atoms with Gasteiger partial charge >= 0.3 is 0 Å². The third-order valence-electron chi connectivity index (χ3n) is 4.35. The van der Waals surface area contributed by atoms with Crippen LogP contribution in [0.15, 0.2) is 42.9 Å². The monoisotopic (exact) mass is 269 g/mol. The van der Waals surface area contributed by atoms with Crippen LogP contribution in [0.2, 0.25) is 0 Å². The van der Waals surface area contributed by atoms with E-state index in [1.165, 1.54) is 37.7 Å². The summed E-state index contributed by atoms with van der Waals surface area (Å²) in [5, 5.41) is 3.74. The van der Waals surface area contributed by atoms with Crippen molar-refractivity contribution in [2.24, 2.45) is 5.92 Å². The van der Waals surface area contributed by atoms with Crippen LogP contribution >= 0.6 is 0 Å². The van der Waals surface area contributed by atoms with Crippen LogP contribution < -0.4 is 5.32 Å². The Morgan fingerprint density at radius 2 is 1.95 bits per heavy atom. The molecule has 1 aliphatic rings. The van der Waals surface area contributed by atoms with Gasteiger partial charge in [-0.1, -0.05) is 49.6 Å². The summed E-state index contributed by atoms with van der Waals surface area (Å²) < 4.78 is 0. The van der Waals surface area contributed by atoms with Crippen molar-refractivity contribution in [1.29, 1.82) is 0 Å². The van der Waals surface area contributed by atoms with Crippen molar-refractivity contribution < 1.29 is 0 Å². The maximum absolute atomic E-state index is 4.09. The van der Waals surface area contributed by atoms with Crippen LogP contribution in [0.3, 0.4) is 0 Å². The summed E-state index contributed by atoms with van der Waals surface area (Å²) in [5.41, 5.74) is 2.57. The number of hydrogen-bond acceptors (Lipinski definition) is 2. The lowest BCUT2D eigenvalue weighted by Gasteiger charge is -2.31. The Hall–Kier alpha value is -1.61. The molecule has 1 aliphatic carbocycles. The van der Waals surface area contributed by atoms with Crippen LogP contribution in [0, 0.1) is 5.92 Å². The lowest BCUT2D eigenvalue weighted by molar-refractivity contribution is 0.269. The molecule has 20 heavy (non-hydrogen) atoms. The molecule has 1 heterocycles. The highest BCUT2D eigenvalue weighted by Gasteiger charge is 2.24. The summed E-state index contributed by atoms with van der Waals surface area (Å²) in [6, 6.07) is 11.3. The van der Waals surface area contributed by atoms with Gasteiger partial charge in [0.05, 0.1) is 6.33 Å². The number of hydrogen-bond donors (Lipinski definition) is 2. The van der Waals surface area contributed by atoms with Gasteiger partial charge < -0.3 is 10.3 Å². The molecule has 0 saturated heterocycles. The van der Waals surface area contributed by atoms with E-state index in [-0.39, 0.29) is 0 Å². The Kier molecular flexibility index (Phi) is 4.49. The molecule has 3 nitrogen and oxygen atoms in total. The number of rotatable bonds is 5. The van der Waals surface area contributed by atoms with Gasteiger partial charge in [-0.15, -0.1) is 0 Å². The van der Waals surface area contributed by atoms with E-state index in [9.17, 15) is 0 Å². The summed E-state index contributed by atoms with van der Waals surface area (Å²) in [4.78, 5) is 7.26. The molecule has 106 valence electrons. The van der Waals surface area contributed by atoms with E-state index < -0.39 is 0 Å². The van der Waals surface area contributed by atoms with E-state index in [1.807, 2.05) is 6.20 Å². The SMILES string of the molecule is c1ccc(C(NCc2cnc[nH]2)C2CCCCC2)cc1. The number of nitrogens with one attached hydrogen (secondary N) is 2. The second-order valence-corrected chi connectivity index (χ2v) is 5.74. The lowest BCUT2D eigenvalue weighted by atomic mass is 9.81. The summed E-state index contributed by atoms with van der Waals surface area (Å²) in [6.45, 7) is 0.857. The average Bonchev–Trinajstić information content (AvgIpc) is 3.03. The number of imidazole rings is 1. The predicted octanol–water partition coefficient (Wildman–Crippen LogP) is 3.82. The summed E-state index contributed by atoms with van der Waals surface area (Å²) >= 11 is 0. The first-order valence-corrected chi connectivity index (χ1v) is 7.69. The van der Waals surface area contributed by atoms with Crippen molar-refractivity contribution in [3.8, 4) is 0 Å². The summed E-state index contributed by atoms with van der Waals surface area (Å²) in [5.74, 6) is 0.758. The van der Waals surface area contributed by atoms with Gasteiger partial charge in [-0.25, -0.2) is 4.98 Å². The molecule has 0 radical (unpaired) electrons. The Balaban J connectivity index is 1.72. The Morgan fingerprint density at radius 3 is 2.65 bits per heavy atom. The maximum atomic E-state index is 4.09. The minimum Gasteiger partial charge on any atom is -0.347 e. The zero-order valence-electron chi connectivity index (χ0n) is 11.9. The van der Waals surface area contributed by atoms with E-state index in [4.69, 9.17) is 0 Å². The molecular weight excluding hydrogens is 246 g/mol. The number of aromatic amines is 1. The first-order valence-electron chi connectivity index (χ1n) is 7.69. The first-order chi connectivity index (χ1) is 9.93. The molecule has 3 heteroatoms. The zero-order chi connectivity index (χ0) is 13.6. The van der Waals surface area contributed by atoms with E-state index in [2.05, 4.69) is 45.6 Å². The van der Waals surface area contributed by atoms with E-state index >= 15 is 0 Å². The fourth-order valence-corrected chi connectivity index (χ4v) is 3.29. The molecule has 3 rings (SSSR count). The maximum Gasteiger partial charge on any atom is 0.0922 e. The first kappa shape index (κ1) is 13.4. The molecule has 0 amide bonds. The second kappa shape index (κ2) is 6.71. The van der Waals surface area contributed by atoms with Crippen molar-refractivity contribution in [2.45, 2.75) is 44.7 Å².